The molecule has 0 spiro atoms. The molecule has 0 bridgehead atoms. The predicted octanol–water partition coefficient (Wildman–Crippen LogP) is 1.63. The van der Waals surface area contributed by atoms with Gasteiger partial charge in [-0.25, -0.2) is 0 Å². The van der Waals surface area contributed by atoms with Crippen LogP contribution < -0.4 is 5.73 Å². The van der Waals surface area contributed by atoms with Crippen molar-refractivity contribution < 1.29 is 18.0 Å². The number of carbonyl (C=O) groups excluding carboxylic acids is 1. The SMILES string of the molecule is CN(CC(F)(F)F)C(=O)c1ccc(C#CCN)cc1. The predicted molar refractivity (Wildman–Crippen MR) is 65.4 cm³/mol. The van der Waals surface area contributed by atoms with E-state index in [9.17, 15) is 18.0 Å². The van der Waals surface area contributed by atoms with Crippen LogP contribution in [0, 0.1) is 11.8 Å². The fourth-order valence-electron chi connectivity index (χ4n) is 1.41. The van der Waals surface area contributed by atoms with Crippen molar-refractivity contribution in [3.63, 3.8) is 0 Å². The molecule has 6 heteroatoms. The van der Waals surface area contributed by atoms with E-state index < -0.39 is 18.6 Å². The van der Waals surface area contributed by atoms with Crippen LogP contribution in [0.25, 0.3) is 0 Å². The summed E-state index contributed by atoms with van der Waals surface area (Å²) in [6.07, 6.45) is -4.41. The van der Waals surface area contributed by atoms with Crippen LogP contribution in [-0.2, 0) is 0 Å². The van der Waals surface area contributed by atoms with Crippen LogP contribution in [0.3, 0.4) is 0 Å². The second-order valence-corrected chi connectivity index (χ2v) is 3.86. The number of benzene rings is 1. The number of amides is 1. The molecule has 1 rings (SSSR count). The largest absolute Gasteiger partial charge is 0.406 e. The molecular weight excluding hydrogens is 257 g/mol. The summed E-state index contributed by atoms with van der Waals surface area (Å²) in [5.41, 5.74) is 6.05. The van der Waals surface area contributed by atoms with Gasteiger partial charge in [0.15, 0.2) is 0 Å². The summed E-state index contributed by atoms with van der Waals surface area (Å²) in [5, 5.41) is 0. The average Bonchev–Trinajstić information content (AvgIpc) is 2.34. The Morgan fingerprint density at radius 3 is 2.37 bits per heavy atom. The number of rotatable bonds is 2. The highest BCUT2D eigenvalue weighted by molar-refractivity contribution is 5.94. The van der Waals surface area contributed by atoms with Crippen molar-refractivity contribution in [1.82, 2.24) is 4.90 Å². The van der Waals surface area contributed by atoms with Crippen LogP contribution in [0.4, 0.5) is 13.2 Å². The van der Waals surface area contributed by atoms with Gasteiger partial charge in [-0.15, -0.1) is 0 Å². The molecule has 1 aromatic carbocycles. The molecule has 0 saturated heterocycles. The molecule has 3 nitrogen and oxygen atoms in total. The highest BCUT2D eigenvalue weighted by Gasteiger charge is 2.31. The molecule has 0 saturated carbocycles. The summed E-state index contributed by atoms with van der Waals surface area (Å²) in [6.45, 7) is -1.06. The van der Waals surface area contributed by atoms with E-state index in [-0.39, 0.29) is 12.1 Å². The molecule has 0 unspecified atom stereocenters. The van der Waals surface area contributed by atoms with Crippen molar-refractivity contribution in [3.05, 3.63) is 35.4 Å². The van der Waals surface area contributed by atoms with Crippen molar-refractivity contribution in [2.24, 2.45) is 5.73 Å². The van der Waals surface area contributed by atoms with E-state index in [2.05, 4.69) is 11.8 Å². The summed E-state index contributed by atoms with van der Waals surface area (Å²) < 4.78 is 36.5. The van der Waals surface area contributed by atoms with Crippen LogP contribution in [0.15, 0.2) is 24.3 Å². The maximum Gasteiger partial charge on any atom is 0.406 e. The minimum atomic E-state index is -4.41. The molecule has 0 heterocycles. The summed E-state index contributed by atoms with van der Waals surface area (Å²) in [4.78, 5) is 12.3. The van der Waals surface area contributed by atoms with Gasteiger partial charge in [0.2, 0.25) is 0 Å². The maximum absolute atomic E-state index is 12.2. The number of hydrogen-bond acceptors (Lipinski definition) is 2. The molecule has 0 radical (unpaired) electrons. The molecule has 0 aliphatic rings. The monoisotopic (exact) mass is 270 g/mol. The lowest BCUT2D eigenvalue weighted by atomic mass is 10.1. The molecular formula is C13H13F3N2O. The van der Waals surface area contributed by atoms with E-state index in [1.807, 2.05) is 0 Å². The highest BCUT2D eigenvalue weighted by atomic mass is 19.4. The highest BCUT2D eigenvalue weighted by Crippen LogP contribution is 2.17. The standard InChI is InChI=1S/C13H13F3N2O/c1-18(9-13(14,15)16)12(19)11-6-4-10(5-7-11)3-2-8-17/h4-7H,8-9,17H2,1H3. The number of alkyl halides is 3. The van der Waals surface area contributed by atoms with E-state index >= 15 is 0 Å². The Balaban J connectivity index is 2.78. The van der Waals surface area contributed by atoms with E-state index in [0.717, 1.165) is 7.05 Å². The fraction of sp³-hybridized carbons (Fsp3) is 0.308. The smallest absolute Gasteiger partial charge is 0.333 e. The zero-order valence-electron chi connectivity index (χ0n) is 10.3. The van der Waals surface area contributed by atoms with E-state index in [4.69, 9.17) is 5.73 Å². The van der Waals surface area contributed by atoms with E-state index in [1.54, 1.807) is 12.1 Å². The average molecular weight is 270 g/mol. The third-order valence-electron chi connectivity index (χ3n) is 2.23. The van der Waals surface area contributed by atoms with Crippen LogP contribution in [0.5, 0.6) is 0 Å². The van der Waals surface area contributed by atoms with Crippen molar-refractivity contribution in [3.8, 4) is 11.8 Å². The third kappa shape index (κ3) is 5.02. The Morgan fingerprint density at radius 2 is 1.89 bits per heavy atom. The van der Waals surface area contributed by atoms with Gasteiger partial charge in [-0.2, -0.15) is 13.2 Å². The topological polar surface area (TPSA) is 46.3 Å². The van der Waals surface area contributed by atoms with E-state index in [1.165, 1.54) is 12.1 Å². The summed E-state index contributed by atoms with van der Waals surface area (Å²) in [5.74, 6) is 4.71. The molecule has 1 amide bonds. The second kappa shape index (κ2) is 6.25. The Labute approximate surface area is 109 Å². The molecule has 0 aliphatic heterocycles. The second-order valence-electron chi connectivity index (χ2n) is 3.86. The molecule has 19 heavy (non-hydrogen) atoms. The zero-order chi connectivity index (χ0) is 14.5. The van der Waals surface area contributed by atoms with Gasteiger partial charge in [0, 0.05) is 18.2 Å². The Morgan fingerprint density at radius 1 is 1.32 bits per heavy atom. The molecule has 0 fully saturated rings. The summed E-state index contributed by atoms with van der Waals surface area (Å²) >= 11 is 0. The van der Waals surface area contributed by atoms with Crippen molar-refractivity contribution in [1.29, 1.82) is 0 Å². The first-order valence-electron chi connectivity index (χ1n) is 5.44. The lowest BCUT2D eigenvalue weighted by Gasteiger charge is -2.18. The fourth-order valence-corrected chi connectivity index (χ4v) is 1.41. The minimum absolute atomic E-state index is 0.185. The third-order valence-corrected chi connectivity index (χ3v) is 2.23. The van der Waals surface area contributed by atoms with E-state index in [0.29, 0.717) is 10.5 Å². The van der Waals surface area contributed by atoms with Gasteiger partial charge in [0.1, 0.15) is 6.54 Å². The molecule has 102 valence electrons. The van der Waals surface area contributed by atoms with Gasteiger partial charge < -0.3 is 10.6 Å². The Kier molecular flexibility index (Phi) is 4.95. The first-order chi connectivity index (χ1) is 8.83. The zero-order valence-corrected chi connectivity index (χ0v) is 10.3. The molecule has 0 aliphatic carbocycles. The first kappa shape index (κ1) is 15.1. The van der Waals surface area contributed by atoms with Gasteiger partial charge in [-0.1, -0.05) is 11.8 Å². The number of hydrogen-bond donors (Lipinski definition) is 1. The molecule has 1 aromatic rings. The van der Waals surface area contributed by atoms with Gasteiger partial charge in [-0.3, -0.25) is 4.79 Å². The molecule has 0 atom stereocenters. The van der Waals surface area contributed by atoms with Gasteiger partial charge >= 0.3 is 6.18 Å². The summed E-state index contributed by atoms with van der Waals surface area (Å²) in [6, 6.07) is 6.01. The molecule has 0 aromatic heterocycles. The quantitative estimate of drug-likeness (QED) is 0.830. The number of nitrogens with two attached hydrogens (primary N) is 1. The van der Waals surface area contributed by atoms with Crippen LogP contribution in [0.1, 0.15) is 15.9 Å². The van der Waals surface area contributed by atoms with Gasteiger partial charge in [-0.05, 0) is 24.3 Å². The van der Waals surface area contributed by atoms with Gasteiger partial charge in [0.25, 0.3) is 5.91 Å². The van der Waals surface area contributed by atoms with Crippen molar-refractivity contribution in [2.75, 3.05) is 20.1 Å². The van der Waals surface area contributed by atoms with Crippen LogP contribution in [0.2, 0.25) is 0 Å². The lowest BCUT2D eigenvalue weighted by Crippen LogP contribution is -2.35. The lowest BCUT2D eigenvalue weighted by molar-refractivity contribution is -0.138. The number of nitrogens with zero attached hydrogens (tertiary/aromatic N) is 1. The van der Waals surface area contributed by atoms with Crippen molar-refractivity contribution >= 4 is 5.91 Å². The normalized spacial score (nSPS) is 10.6. The first-order valence-corrected chi connectivity index (χ1v) is 5.44. The molecule has 2 N–H and O–H groups in total. The number of halogens is 3. The van der Waals surface area contributed by atoms with Gasteiger partial charge in [0.05, 0.1) is 6.54 Å². The van der Waals surface area contributed by atoms with Crippen LogP contribution in [-0.4, -0.2) is 37.1 Å². The maximum atomic E-state index is 12.2. The Hall–Kier alpha value is -2.00. The number of carbonyl (C=O) groups is 1. The van der Waals surface area contributed by atoms with Crippen LogP contribution >= 0.6 is 0 Å². The van der Waals surface area contributed by atoms with Crippen molar-refractivity contribution in [2.45, 2.75) is 6.18 Å². The Bertz CT molecular complexity index is 497. The minimum Gasteiger partial charge on any atom is -0.333 e. The summed E-state index contributed by atoms with van der Waals surface area (Å²) in [7, 11) is 1.11.